The van der Waals surface area contributed by atoms with Crippen LogP contribution >= 0.6 is 0 Å². The van der Waals surface area contributed by atoms with E-state index in [0.717, 1.165) is 19.4 Å². The summed E-state index contributed by atoms with van der Waals surface area (Å²) in [4.78, 5) is 13.1. The maximum atomic E-state index is 11.2. The third kappa shape index (κ3) is 4.94. The monoisotopic (exact) mass is 277 g/mol. The number of aliphatic carboxylic acids is 1. The Balaban J connectivity index is 2.50. The van der Waals surface area contributed by atoms with Gasteiger partial charge in [0.1, 0.15) is 15.9 Å². The molecule has 1 fully saturated rings. The molecule has 18 heavy (non-hydrogen) atoms. The number of carboxylic acid groups (broad SMARTS) is 1. The van der Waals surface area contributed by atoms with E-state index in [2.05, 4.69) is 6.92 Å². The second-order valence-corrected chi connectivity index (χ2v) is 7.43. The Hall–Kier alpha value is -0.620. The van der Waals surface area contributed by atoms with Crippen LogP contribution in [0.25, 0.3) is 0 Å². The first-order chi connectivity index (χ1) is 8.33. The van der Waals surface area contributed by atoms with Crippen LogP contribution in [0, 0.1) is 5.92 Å². The topological polar surface area (TPSA) is 74.7 Å². The van der Waals surface area contributed by atoms with Gasteiger partial charge in [0.05, 0.1) is 5.75 Å². The van der Waals surface area contributed by atoms with Crippen LogP contribution in [0.2, 0.25) is 0 Å². The Morgan fingerprint density at radius 2 is 2.11 bits per heavy atom. The molecule has 1 aliphatic rings. The summed E-state index contributed by atoms with van der Waals surface area (Å²) in [6.07, 6.45) is 4.44. The summed E-state index contributed by atoms with van der Waals surface area (Å²) in [6, 6.07) is -0.441. The van der Waals surface area contributed by atoms with Gasteiger partial charge in [0, 0.05) is 6.26 Å². The van der Waals surface area contributed by atoms with Crippen molar-refractivity contribution in [3.63, 3.8) is 0 Å². The van der Waals surface area contributed by atoms with E-state index in [4.69, 9.17) is 0 Å². The van der Waals surface area contributed by atoms with Crippen LogP contribution in [0.3, 0.4) is 0 Å². The highest BCUT2D eigenvalue weighted by Crippen LogP contribution is 2.25. The van der Waals surface area contributed by atoms with E-state index in [1.165, 1.54) is 6.26 Å². The minimum Gasteiger partial charge on any atom is -0.480 e. The van der Waals surface area contributed by atoms with E-state index in [0.29, 0.717) is 25.3 Å². The van der Waals surface area contributed by atoms with E-state index < -0.39 is 21.8 Å². The zero-order valence-electron chi connectivity index (χ0n) is 11.1. The molecule has 2 unspecified atom stereocenters. The Morgan fingerprint density at radius 3 is 2.61 bits per heavy atom. The van der Waals surface area contributed by atoms with Gasteiger partial charge in [-0.1, -0.05) is 13.3 Å². The molecule has 0 saturated carbocycles. The van der Waals surface area contributed by atoms with E-state index >= 15 is 0 Å². The molecule has 5 nitrogen and oxygen atoms in total. The lowest BCUT2D eigenvalue weighted by Gasteiger charge is -2.36. The lowest BCUT2D eigenvalue weighted by atomic mass is 9.89. The van der Waals surface area contributed by atoms with Gasteiger partial charge in [-0.25, -0.2) is 8.42 Å². The van der Waals surface area contributed by atoms with Gasteiger partial charge < -0.3 is 5.11 Å². The van der Waals surface area contributed by atoms with Gasteiger partial charge in [-0.05, 0) is 38.3 Å². The number of hydrogen-bond acceptors (Lipinski definition) is 4. The summed E-state index contributed by atoms with van der Waals surface area (Å²) >= 11 is 0. The molecule has 0 aromatic heterocycles. The van der Waals surface area contributed by atoms with Crippen molar-refractivity contribution in [2.75, 3.05) is 25.1 Å². The molecular weight excluding hydrogens is 254 g/mol. The van der Waals surface area contributed by atoms with Gasteiger partial charge >= 0.3 is 5.97 Å². The van der Waals surface area contributed by atoms with Gasteiger partial charge in [-0.15, -0.1) is 0 Å². The smallest absolute Gasteiger partial charge is 0.320 e. The predicted molar refractivity (Wildman–Crippen MR) is 70.3 cm³/mol. The molecule has 0 aliphatic carbocycles. The SMILES string of the molecule is CCC1CCN(CCCS(C)(=O)=O)C(C(=O)O)C1. The number of rotatable bonds is 6. The van der Waals surface area contributed by atoms with Crippen molar-refractivity contribution in [1.29, 1.82) is 0 Å². The summed E-state index contributed by atoms with van der Waals surface area (Å²) in [5.41, 5.74) is 0. The fourth-order valence-corrected chi connectivity index (χ4v) is 3.17. The van der Waals surface area contributed by atoms with Crippen molar-refractivity contribution in [2.45, 2.75) is 38.6 Å². The van der Waals surface area contributed by atoms with Gasteiger partial charge in [-0.3, -0.25) is 9.69 Å². The van der Waals surface area contributed by atoms with E-state index in [-0.39, 0.29) is 5.75 Å². The molecule has 0 radical (unpaired) electrons. The molecule has 6 heteroatoms. The molecule has 1 N–H and O–H groups in total. The second-order valence-electron chi connectivity index (χ2n) is 5.17. The summed E-state index contributed by atoms with van der Waals surface area (Å²) in [5.74, 6) is -0.169. The first-order valence-corrected chi connectivity index (χ1v) is 8.54. The first kappa shape index (κ1) is 15.4. The molecule has 1 rings (SSSR count). The zero-order valence-corrected chi connectivity index (χ0v) is 11.9. The Labute approximate surface area is 109 Å². The standard InChI is InChI=1S/C12H23NO4S/c1-3-10-5-7-13(11(9-10)12(14)15)6-4-8-18(2,16)17/h10-11H,3-9H2,1-2H3,(H,14,15). The number of likely N-dealkylation sites (tertiary alicyclic amines) is 1. The molecular formula is C12H23NO4S. The summed E-state index contributed by atoms with van der Waals surface area (Å²) in [7, 11) is -2.95. The van der Waals surface area contributed by atoms with E-state index in [1.807, 2.05) is 4.90 Å². The van der Waals surface area contributed by atoms with Crippen LogP contribution in [0.5, 0.6) is 0 Å². The van der Waals surface area contributed by atoms with Gasteiger partial charge in [0.25, 0.3) is 0 Å². The normalized spacial score (nSPS) is 26.1. The number of piperidine rings is 1. The first-order valence-electron chi connectivity index (χ1n) is 6.48. The fraction of sp³-hybridized carbons (Fsp3) is 0.917. The van der Waals surface area contributed by atoms with Crippen molar-refractivity contribution in [3.8, 4) is 0 Å². The van der Waals surface area contributed by atoms with Crippen LogP contribution in [-0.4, -0.2) is 55.5 Å². The molecule has 2 atom stereocenters. The molecule has 1 heterocycles. The fourth-order valence-electron chi connectivity index (χ4n) is 2.51. The quantitative estimate of drug-likeness (QED) is 0.784. The number of carboxylic acids is 1. The number of carbonyl (C=O) groups is 1. The van der Waals surface area contributed by atoms with Crippen molar-refractivity contribution >= 4 is 15.8 Å². The third-order valence-electron chi connectivity index (χ3n) is 3.64. The minimum absolute atomic E-state index is 0.132. The van der Waals surface area contributed by atoms with Crippen LogP contribution in [0.1, 0.15) is 32.6 Å². The Kier molecular flexibility index (Phi) is 5.59. The minimum atomic E-state index is -2.95. The lowest BCUT2D eigenvalue weighted by Crippen LogP contribution is -2.47. The van der Waals surface area contributed by atoms with Gasteiger partial charge in [0.15, 0.2) is 0 Å². The largest absolute Gasteiger partial charge is 0.480 e. The number of sulfone groups is 1. The van der Waals surface area contributed by atoms with Crippen LogP contribution < -0.4 is 0 Å². The van der Waals surface area contributed by atoms with Gasteiger partial charge in [0.2, 0.25) is 0 Å². The second kappa shape index (κ2) is 6.52. The Bertz CT molecular complexity index is 380. The van der Waals surface area contributed by atoms with Gasteiger partial charge in [-0.2, -0.15) is 0 Å². The number of nitrogens with zero attached hydrogens (tertiary/aromatic N) is 1. The molecule has 0 bridgehead atoms. The average molecular weight is 277 g/mol. The summed E-state index contributed by atoms with van der Waals surface area (Å²) < 4.78 is 22.1. The van der Waals surface area contributed by atoms with Crippen molar-refractivity contribution in [3.05, 3.63) is 0 Å². The van der Waals surface area contributed by atoms with Crippen LogP contribution in [0.4, 0.5) is 0 Å². The maximum absolute atomic E-state index is 11.2. The predicted octanol–water partition coefficient (Wildman–Crippen LogP) is 0.996. The van der Waals surface area contributed by atoms with E-state index in [9.17, 15) is 18.3 Å². The highest BCUT2D eigenvalue weighted by Gasteiger charge is 2.32. The highest BCUT2D eigenvalue weighted by atomic mass is 32.2. The lowest BCUT2D eigenvalue weighted by molar-refractivity contribution is -0.145. The van der Waals surface area contributed by atoms with E-state index in [1.54, 1.807) is 0 Å². The molecule has 0 aromatic rings. The molecule has 1 saturated heterocycles. The maximum Gasteiger partial charge on any atom is 0.320 e. The molecule has 1 aliphatic heterocycles. The molecule has 0 spiro atoms. The zero-order chi connectivity index (χ0) is 13.8. The van der Waals surface area contributed by atoms with Crippen molar-refractivity contribution in [1.82, 2.24) is 4.90 Å². The van der Waals surface area contributed by atoms with Crippen molar-refractivity contribution in [2.24, 2.45) is 5.92 Å². The Morgan fingerprint density at radius 1 is 1.44 bits per heavy atom. The summed E-state index contributed by atoms with van der Waals surface area (Å²) in [5, 5.41) is 9.22. The molecule has 0 aromatic carbocycles. The van der Waals surface area contributed by atoms with Crippen LogP contribution in [0.15, 0.2) is 0 Å². The third-order valence-corrected chi connectivity index (χ3v) is 4.68. The number of hydrogen-bond donors (Lipinski definition) is 1. The van der Waals surface area contributed by atoms with Crippen LogP contribution in [-0.2, 0) is 14.6 Å². The summed E-state index contributed by atoms with van der Waals surface area (Å²) in [6.45, 7) is 3.41. The van der Waals surface area contributed by atoms with Crippen molar-refractivity contribution < 1.29 is 18.3 Å². The highest BCUT2D eigenvalue weighted by molar-refractivity contribution is 7.90. The average Bonchev–Trinajstić information content (AvgIpc) is 2.27. The molecule has 106 valence electrons. The molecule has 0 amide bonds.